The summed E-state index contributed by atoms with van der Waals surface area (Å²) in [4.78, 5) is 2.27. The Morgan fingerprint density at radius 3 is 1.82 bits per heavy atom. The smallest absolute Gasteiger partial charge is 0.142 e. The van der Waals surface area contributed by atoms with E-state index in [0.717, 1.165) is 22.5 Å². The Kier molecular flexibility index (Phi) is 6.21. The Bertz CT molecular complexity index is 1100. The SMILES string of the molecule is CN1C[C@H](NC(c2ccccc2)(c2ccccc2)c2ccccc2)COc2ccc(Br)cc21. The van der Waals surface area contributed by atoms with E-state index in [2.05, 4.69) is 130 Å². The number of halogens is 1. The third-order valence-corrected chi connectivity index (χ3v) is 6.80. The molecule has 1 aliphatic heterocycles. The van der Waals surface area contributed by atoms with Gasteiger partial charge in [0.15, 0.2) is 0 Å². The second-order valence-corrected chi connectivity index (χ2v) is 9.41. The van der Waals surface area contributed by atoms with E-state index in [0.29, 0.717) is 6.61 Å². The van der Waals surface area contributed by atoms with Gasteiger partial charge in [0.1, 0.15) is 12.4 Å². The van der Waals surface area contributed by atoms with Gasteiger partial charge in [-0.2, -0.15) is 0 Å². The fourth-order valence-electron chi connectivity index (χ4n) is 4.79. The third kappa shape index (κ3) is 4.29. The minimum atomic E-state index is -0.518. The molecule has 4 heteroatoms. The molecular formula is C29H27BrN2O. The fraction of sp³-hybridized carbons (Fsp3) is 0.172. The second kappa shape index (κ2) is 9.42. The Hall–Kier alpha value is -3.08. The summed E-state index contributed by atoms with van der Waals surface area (Å²) in [5.41, 5.74) is 4.19. The van der Waals surface area contributed by atoms with Crippen molar-refractivity contribution in [3.05, 3.63) is 130 Å². The second-order valence-electron chi connectivity index (χ2n) is 8.49. The van der Waals surface area contributed by atoms with Crippen molar-refractivity contribution in [2.24, 2.45) is 0 Å². The number of hydrogen-bond acceptors (Lipinski definition) is 3. The molecule has 0 amide bonds. The minimum absolute atomic E-state index is 0.0850. The van der Waals surface area contributed by atoms with Crippen LogP contribution in [0.1, 0.15) is 16.7 Å². The average molecular weight is 499 g/mol. The van der Waals surface area contributed by atoms with Crippen molar-refractivity contribution in [1.29, 1.82) is 0 Å². The van der Waals surface area contributed by atoms with Crippen LogP contribution in [0.15, 0.2) is 114 Å². The number of benzene rings is 4. The Morgan fingerprint density at radius 1 is 0.788 bits per heavy atom. The minimum Gasteiger partial charge on any atom is -0.490 e. The van der Waals surface area contributed by atoms with Gasteiger partial charge in [-0.05, 0) is 34.9 Å². The van der Waals surface area contributed by atoms with Gasteiger partial charge in [-0.1, -0.05) is 107 Å². The number of ether oxygens (including phenoxy) is 1. The van der Waals surface area contributed by atoms with E-state index in [1.165, 1.54) is 16.7 Å². The van der Waals surface area contributed by atoms with Crippen molar-refractivity contribution in [3.8, 4) is 5.75 Å². The highest BCUT2D eigenvalue weighted by molar-refractivity contribution is 9.10. The lowest BCUT2D eigenvalue weighted by Crippen LogP contribution is -2.54. The van der Waals surface area contributed by atoms with E-state index in [-0.39, 0.29) is 6.04 Å². The molecule has 0 saturated carbocycles. The van der Waals surface area contributed by atoms with Gasteiger partial charge in [0.05, 0.1) is 17.3 Å². The maximum absolute atomic E-state index is 6.31. The first-order chi connectivity index (χ1) is 16.2. The number of likely N-dealkylation sites (N-methyl/N-ethyl adjacent to an activating group) is 1. The highest BCUT2D eigenvalue weighted by atomic mass is 79.9. The molecule has 1 aliphatic rings. The number of nitrogens with zero attached hydrogens (tertiary/aromatic N) is 1. The van der Waals surface area contributed by atoms with Crippen molar-refractivity contribution in [2.45, 2.75) is 11.6 Å². The van der Waals surface area contributed by atoms with E-state index < -0.39 is 5.54 Å². The maximum Gasteiger partial charge on any atom is 0.142 e. The molecule has 1 N–H and O–H groups in total. The molecule has 4 aromatic rings. The molecule has 3 nitrogen and oxygen atoms in total. The summed E-state index contributed by atoms with van der Waals surface area (Å²) < 4.78 is 7.37. The predicted octanol–water partition coefficient (Wildman–Crippen LogP) is 6.23. The number of fused-ring (bicyclic) bond motifs is 1. The van der Waals surface area contributed by atoms with Crippen molar-refractivity contribution >= 4 is 21.6 Å². The van der Waals surface area contributed by atoms with Crippen molar-refractivity contribution in [1.82, 2.24) is 5.32 Å². The van der Waals surface area contributed by atoms with Gasteiger partial charge in [-0.25, -0.2) is 0 Å². The largest absolute Gasteiger partial charge is 0.490 e. The molecule has 0 bridgehead atoms. The third-order valence-electron chi connectivity index (χ3n) is 6.31. The van der Waals surface area contributed by atoms with Crippen LogP contribution >= 0.6 is 15.9 Å². The first-order valence-electron chi connectivity index (χ1n) is 11.2. The highest BCUT2D eigenvalue weighted by Gasteiger charge is 2.39. The van der Waals surface area contributed by atoms with Gasteiger partial charge in [0.2, 0.25) is 0 Å². The molecule has 0 aliphatic carbocycles. The first kappa shape index (κ1) is 21.7. The molecule has 0 aromatic heterocycles. The standard InChI is InChI=1S/C29H27BrN2O/c1-32-20-26(21-33-28-18-17-25(30)19-27(28)32)31-29(22-11-5-2-6-12-22,23-13-7-3-8-14-23)24-15-9-4-10-16-24/h2-19,26,31H,20-21H2,1H3/t26-/m0/s1. The van der Waals surface area contributed by atoms with E-state index >= 15 is 0 Å². The van der Waals surface area contributed by atoms with Gasteiger partial charge in [0, 0.05) is 18.1 Å². The van der Waals surface area contributed by atoms with Gasteiger partial charge in [-0.15, -0.1) is 0 Å². The topological polar surface area (TPSA) is 24.5 Å². The van der Waals surface area contributed by atoms with Crippen LogP contribution in [-0.2, 0) is 5.54 Å². The zero-order valence-electron chi connectivity index (χ0n) is 18.6. The van der Waals surface area contributed by atoms with Crippen molar-refractivity contribution < 1.29 is 4.74 Å². The van der Waals surface area contributed by atoms with Gasteiger partial charge in [0.25, 0.3) is 0 Å². The quantitative estimate of drug-likeness (QED) is 0.330. The first-order valence-corrected chi connectivity index (χ1v) is 12.0. The molecule has 33 heavy (non-hydrogen) atoms. The van der Waals surface area contributed by atoms with Crippen LogP contribution in [0.2, 0.25) is 0 Å². The van der Waals surface area contributed by atoms with Crippen LogP contribution in [0.25, 0.3) is 0 Å². The van der Waals surface area contributed by atoms with E-state index in [4.69, 9.17) is 4.74 Å². The molecule has 0 spiro atoms. The van der Waals surface area contributed by atoms with Crippen LogP contribution in [0.4, 0.5) is 5.69 Å². The summed E-state index contributed by atoms with van der Waals surface area (Å²) >= 11 is 3.60. The Balaban J connectivity index is 1.61. The van der Waals surface area contributed by atoms with Crippen LogP contribution < -0.4 is 15.0 Å². The predicted molar refractivity (Wildman–Crippen MR) is 139 cm³/mol. The molecule has 0 unspecified atom stereocenters. The number of rotatable bonds is 5. The van der Waals surface area contributed by atoms with Crippen LogP contribution in [0, 0.1) is 0 Å². The van der Waals surface area contributed by atoms with Gasteiger partial charge >= 0.3 is 0 Å². The number of hydrogen-bond donors (Lipinski definition) is 1. The highest BCUT2D eigenvalue weighted by Crippen LogP contribution is 2.38. The van der Waals surface area contributed by atoms with Crippen LogP contribution in [0.3, 0.4) is 0 Å². The lowest BCUT2D eigenvalue weighted by molar-refractivity contribution is 0.252. The molecule has 0 saturated heterocycles. The van der Waals surface area contributed by atoms with Crippen LogP contribution in [-0.4, -0.2) is 26.2 Å². The Labute approximate surface area is 204 Å². The van der Waals surface area contributed by atoms with Crippen molar-refractivity contribution in [2.75, 3.05) is 25.1 Å². The molecular weight excluding hydrogens is 472 g/mol. The average Bonchev–Trinajstić information content (AvgIpc) is 3.02. The molecule has 0 radical (unpaired) electrons. The summed E-state index contributed by atoms with van der Waals surface area (Å²) in [6.45, 7) is 1.39. The molecule has 1 atom stereocenters. The molecule has 166 valence electrons. The maximum atomic E-state index is 6.31. The lowest BCUT2D eigenvalue weighted by atomic mass is 9.76. The van der Waals surface area contributed by atoms with E-state index in [9.17, 15) is 0 Å². The van der Waals surface area contributed by atoms with Gasteiger partial charge < -0.3 is 9.64 Å². The molecule has 1 heterocycles. The molecule has 0 fully saturated rings. The summed E-state index contributed by atoms with van der Waals surface area (Å²) in [6.07, 6.45) is 0. The zero-order chi connectivity index (χ0) is 22.7. The normalized spacial score (nSPS) is 15.9. The summed E-state index contributed by atoms with van der Waals surface area (Å²) in [5, 5.41) is 4.06. The van der Waals surface area contributed by atoms with Gasteiger partial charge in [-0.3, -0.25) is 5.32 Å². The van der Waals surface area contributed by atoms with Crippen molar-refractivity contribution in [3.63, 3.8) is 0 Å². The Morgan fingerprint density at radius 2 is 1.30 bits per heavy atom. The fourth-order valence-corrected chi connectivity index (χ4v) is 5.14. The number of anilines is 1. The lowest BCUT2D eigenvalue weighted by Gasteiger charge is -2.40. The van der Waals surface area contributed by atoms with E-state index in [1.807, 2.05) is 12.1 Å². The monoisotopic (exact) mass is 498 g/mol. The zero-order valence-corrected chi connectivity index (χ0v) is 20.2. The van der Waals surface area contributed by atoms with Crippen LogP contribution in [0.5, 0.6) is 5.75 Å². The molecule has 4 aromatic carbocycles. The summed E-state index contributed by atoms with van der Waals surface area (Å²) in [5.74, 6) is 0.912. The molecule has 5 rings (SSSR count). The summed E-state index contributed by atoms with van der Waals surface area (Å²) in [6, 6.07) is 38.4. The summed E-state index contributed by atoms with van der Waals surface area (Å²) in [7, 11) is 2.13. The number of nitrogens with one attached hydrogen (secondary N) is 1. The van der Waals surface area contributed by atoms with E-state index in [1.54, 1.807) is 0 Å².